The Morgan fingerprint density at radius 2 is 1.60 bits per heavy atom. The van der Waals surface area contributed by atoms with Gasteiger partial charge in [-0.1, -0.05) is 19.3 Å². The van der Waals surface area contributed by atoms with Crippen molar-refractivity contribution in [1.29, 1.82) is 0 Å². The van der Waals surface area contributed by atoms with Crippen molar-refractivity contribution in [3.05, 3.63) is 13.0 Å². The maximum absolute atomic E-state index is 11.1. The Labute approximate surface area is 118 Å². The number of esters is 1. The summed E-state index contributed by atoms with van der Waals surface area (Å²) in [5, 5.41) is 0. The van der Waals surface area contributed by atoms with Gasteiger partial charge in [0.05, 0.1) is 5.92 Å². The van der Waals surface area contributed by atoms with Gasteiger partial charge in [-0.05, 0) is 12.8 Å². The third-order valence-electron chi connectivity index (χ3n) is 2.17. The van der Waals surface area contributed by atoms with E-state index in [2.05, 4.69) is 0 Å². The maximum atomic E-state index is 11.1. The SMILES string of the molecule is C[CH-]C.C[CH-]OC(=O)C1CCCCC1.[U+2]. The number of hydrogen-bond donors (Lipinski definition) is 0. The molecule has 86 valence electrons. The Balaban J connectivity index is 0. The minimum Gasteiger partial charge on any atom is -0.637 e. The van der Waals surface area contributed by atoms with Crippen LogP contribution in [0.5, 0.6) is 0 Å². The fourth-order valence-corrected chi connectivity index (χ4v) is 1.55. The van der Waals surface area contributed by atoms with E-state index in [0.717, 1.165) is 12.8 Å². The number of hydrogen-bond acceptors (Lipinski definition) is 2. The molecule has 0 aliphatic heterocycles. The van der Waals surface area contributed by atoms with E-state index in [4.69, 9.17) is 4.74 Å². The normalized spacial score (nSPS) is 15.7. The van der Waals surface area contributed by atoms with Crippen LogP contribution in [0.25, 0.3) is 0 Å². The van der Waals surface area contributed by atoms with Crippen LogP contribution in [0.4, 0.5) is 0 Å². The van der Waals surface area contributed by atoms with Gasteiger partial charge in [0.15, 0.2) is 0 Å². The van der Waals surface area contributed by atoms with Gasteiger partial charge in [-0.2, -0.15) is 27.4 Å². The molecule has 1 aliphatic rings. The third kappa shape index (κ3) is 9.45. The second-order valence-corrected chi connectivity index (χ2v) is 3.58. The minimum absolute atomic E-state index is 0. The number of carbonyl (C=O) groups is 1. The Morgan fingerprint density at radius 3 is 2.00 bits per heavy atom. The van der Waals surface area contributed by atoms with Gasteiger partial charge in [0, 0.05) is 0 Å². The molecule has 1 fully saturated rings. The molecule has 2 nitrogen and oxygen atoms in total. The van der Waals surface area contributed by atoms with Gasteiger partial charge in [0.1, 0.15) is 0 Å². The molecule has 3 heteroatoms. The molecule has 0 aromatic rings. The first kappa shape index (κ1) is 17.9. The van der Waals surface area contributed by atoms with Crippen LogP contribution in [-0.2, 0) is 9.53 Å². The molecule has 0 unspecified atom stereocenters. The molecule has 0 spiro atoms. The molecule has 15 heavy (non-hydrogen) atoms. The smallest absolute Gasteiger partial charge is 0.637 e. The summed E-state index contributed by atoms with van der Waals surface area (Å²) in [4.78, 5) is 11.1. The van der Waals surface area contributed by atoms with Crippen LogP contribution in [0.1, 0.15) is 52.9 Å². The van der Waals surface area contributed by atoms with Crippen LogP contribution in [0.2, 0.25) is 0 Å². The fourth-order valence-electron chi connectivity index (χ4n) is 1.55. The summed E-state index contributed by atoms with van der Waals surface area (Å²) in [6, 6.07) is 0. The summed E-state index contributed by atoms with van der Waals surface area (Å²) in [5.74, 6) is 0.146. The van der Waals surface area contributed by atoms with E-state index >= 15 is 0 Å². The molecule has 0 aromatic carbocycles. The zero-order valence-electron chi connectivity index (χ0n) is 10.1. The summed E-state index contributed by atoms with van der Waals surface area (Å²) in [5.41, 5.74) is 0. The quantitative estimate of drug-likeness (QED) is 0.489. The van der Waals surface area contributed by atoms with Gasteiger partial charge >= 0.3 is 31.1 Å². The van der Waals surface area contributed by atoms with Crippen LogP contribution in [0.3, 0.4) is 0 Å². The molecule has 0 bridgehead atoms. The molecule has 0 aromatic heterocycles. The molecular formula is C12H22O2U. The summed E-state index contributed by atoms with van der Waals surface area (Å²) in [6.07, 6.45) is 7.69. The molecule has 0 atom stereocenters. The van der Waals surface area contributed by atoms with Gasteiger partial charge in [0.25, 0.3) is 5.97 Å². The summed E-state index contributed by atoms with van der Waals surface area (Å²) >= 11 is 0. The number of ether oxygens (including phenoxy) is 1. The summed E-state index contributed by atoms with van der Waals surface area (Å²) < 4.78 is 4.82. The van der Waals surface area contributed by atoms with Crippen molar-refractivity contribution in [3.63, 3.8) is 0 Å². The van der Waals surface area contributed by atoms with Gasteiger partial charge < -0.3 is 11.2 Å². The first-order chi connectivity index (χ1) is 6.76. The van der Waals surface area contributed by atoms with Crippen LogP contribution in [0, 0.1) is 50.1 Å². The first-order valence-electron chi connectivity index (χ1n) is 5.48. The zero-order chi connectivity index (χ0) is 10.8. The van der Waals surface area contributed by atoms with E-state index in [1.54, 1.807) is 6.92 Å². The number of carbonyl (C=O) groups excluding carboxylic acids is 1. The molecule has 0 amide bonds. The second kappa shape index (κ2) is 12.6. The van der Waals surface area contributed by atoms with Crippen molar-refractivity contribution in [3.8, 4) is 0 Å². The number of rotatable bonds is 2. The van der Waals surface area contributed by atoms with E-state index < -0.39 is 0 Å². The van der Waals surface area contributed by atoms with E-state index in [-0.39, 0.29) is 43.0 Å². The minimum atomic E-state index is -0.0350. The van der Waals surface area contributed by atoms with Gasteiger partial charge in [-0.3, -0.25) is 4.79 Å². The van der Waals surface area contributed by atoms with Crippen molar-refractivity contribution in [2.24, 2.45) is 5.92 Å². The first-order valence-corrected chi connectivity index (χ1v) is 5.48. The maximum Gasteiger partial charge on any atom is 2.00 e. The van der Waals surface area contributed by atoms with Crippen LogP contribution < -0.4 is 0 Å². The summed E-state index contributed by atoms with van der Waals surface area (Å²) in [6.45, 7) is 7.21. The van der Waals surface area contributed by atoms with E-state index in [1.165, 1.54) is 25.9 Å². The fraction of sp³-hybridized carbons (Fsp3) is 0.750. The molecular weight excluding hydrogens is 414 g/mol. The monoisotopic (exact) mass is 436 g/mol. The van der Waals surface area contributed by atoms with Crippen molar-refractivity contribution in [2.75, 3.05) is 0 Å². The van der Waals surface area contributed by atoms with Crippen molar-refractivity contribution >= 4 is 5.97 Å². The van der Waals surface area contributed by atoms with Gasteiger partial charge in [-0.15, -0.1) is 0 Å². The molecule has 1 rings (SSSR count). The molecule has 0 radical (unpaired) electrons. The Kier molecular flexibility index (Phi) is 15.0. The average molecular weight is 436 g/mol. The average Bonchev–Trinajstić information content (AvgIpc) is 2.21. The van der Waals surface area contributed by atoms with E-state index in [0.29, 0.717) is 0 Å². The van der Waals surface area contributed by atoms with E-state index in [9.17, 15) is 4.79 Å². The van der Waals surface area contributed by atoms with Crippen LogP contribution >= 0.6 is 0 Å². The largest absolute Gasteiger partial charge is 2.00 e. The van der Waals surface area contributed by atoms with E-state index in [1.807, 2.05) is 20.3 Å². The predicted molar refractivity (Wildman–Crippen MR) is 58.3 cm³/mol. The second-order valence-electron chi connectivity index (χ2n) is 3.58. The van der Waals surface area contributed by atoms with Crippen molar-refractivity contribution in [1.82, 2.24) is 0 Å². The summed E-state index contributed by atoms with van der Waals surface area (Å²) in [7, 11) is 0. The van der Waals surface area contributed by atoms with Crippen molar-refractivity contribution < 1.29 is 40.6 Å². The standard InChI is InChI=1S/C9H15O2.C3H7.U/c1-2-11-9(10)8-6-4-3-5-7-8;1-3-2;/h2,8H,3-7H2,1H3;3H,1-2H3;/q2*-1;+2. The zero-order valence-corrected chi connectivity index (χ0v) is 14.2. The van der Waals surface area contributed by atoms with Gasteiger partial charge in [-0.25, -0.2) is 0 Å². The van der Waals surface area contributed by atoms with Gasteiger partial charge in [0.2, 0.25) is 0 Å². The molecule has 1 aliphatic carbocycles. The van der Waals surface area contributed by atoms with Crippen LogP contribution in [-0.4, -0.2) is 5.97 Å². The molecule has 1 saturated carbocycles. The topological polar surface area (TPSA) is 26.3 Å². The Hall–Kier alpha value is 0.522. The predicted octanol–water partition coefficient (Wildman–Crippen LogP) is 3.52. The third-order valence-corrected chi connectivity index (χ3v) is 2.17. The Bertz CT molecular complexity index is 143. The van der Waals surface area contributed by atoms with Crippen LogP contribution in [0.15, 0.2) is 0 Å². The molecule has 0 N–H and O–H groups in total. The molecule has 0 heterocycles. The Morgan fingerprint density at radius 1 is 1.13 bits per heavy atom. The van der Waals surface area contributed by atoms with Crippen molar-refractivity contribution in [2.45, 2.75) is 52.9 Å². The molecule has 0 saturated heterocycles.